The summed E-state index contributed by atoms with van der Waals surface area (Å²) in [5.41, 5.74) is 4.72. The third-order valence-electron chi connectivity index (χ3n) is 8.90. The molecule has 4 aliphatic rings. The first-order valence-electron chi connectivity index (χ1n) is 15.0. The van der Waals surface area contributed by atoms with Crippen LogP contribution < -0.4 is 5.32 Å². The molecule has 3 amide bonds. The predicted molar refractivity (Wildman–Crippen MR) is 152 cm³/mol. The third-order valence-corrected chi connectivity index (χ3v) is 8.90. The molecule has 220 valence electrons. The number of piperidine rings is 1. The van der Waals surface area contributed by atoms with Crippen molar-refractivity contribution in [3.63, 3.8) is 0 Å². The summed E-state index contributed by atoms with van der Waals surface area (Å²) in [7, 11) is 0. The Balaban J connectivity index is 1.02. The number of rotatable bonds is 10. The summed E-state index contributed by atoms with van der Waals surface area (Å²) in [5, 5.41) is 13.3. The summed E-state index contributed by atoms with van der Waals surface area (Å²) in [4.78, 5) is 35.8. The smallest absolute Gasteiger partial charge is 0.410 e. The van der Waals surface area contributed by atoms with E-state index in [1.54, 1.807) is 9.80 Å². The maximum absolute atomic E-state index is 13.5. The number of urea groups is 1. The van der Waals surface area contributed by atoms with Crippen molar-refractivity contribution in [1.82, 2.24) is 30.4 Å². The predicted octanol–water partition coefficient (Wildman–Crippen LogP) is 4.47. The van der Waals surface area contributed by atoms with E-state index in [9.17, 15) is 9.59 Å². The van der Waals surface area contributed by atoms with E-state index in [2.05, 4.69) is 46.7 Å². The van der Waals surface area contributed by atoms with Gasteiger partial charge in [-0.3, -0.25) is 9.74 Å². The van der Waals surface area contributed by atoms with Crippen molar-refractivity contribution in [2.24, 2.45) is 0 Å². The highest BCUT2D eigenvalue weighted by Crippen LogP contribution is 2.44. The maximum Gasteiger partial charge on any atom is 0.410 e. The topological polar surface area (TPSA) is 113 Å². The molecule has 3 fully saturated rings. The number of hydrogen-bond donors (Lipinski definition) is 1. The molecule has 2 aromatic carbocycles. The number of fused-ring (bicyclic) bond motifs is 5. The average molecular weight is 573 g/mol. The van der Waals surface area contributed by atoms with Gasteiger partial charge in [0.2, 0.25) is 11.8 Å². The van der Waals surface area contributed by atoms with Gasteiger partial charge in [0.1, 0.15) is 19.2 Å². The molecule has 7 rings (SSSR count). The minimum atomic E-state index is -0.404. The number of hydroxylamine groups is 2. The number of unbranched alkanes of at least 4 members (excludes halogenated alkanes) is 1. The van der Waals surface area contributed by atoms with Crippen molar-refractivity contribution < 1.29 is 23.6 Å². The van der Waals surface area contributed by atoms with Crippen LogP contribution in [0.4, 0.5) is 9.59 Å². The fourth-order valence-corrected chi connectivity index (χ4v) is 6.49. The van der Waals surface area contributed by atoms with Crippen LogP contribution in [-0.4, -0.2) is 82.1 Å². The van der Waals surface area contributed by atoms with Crippen LogP contribution in [0.1, 0.15) is 67.5 Å². The fourth-order valence-electron chi connectivity index (χ4n) is 6.49. The lowest BCUT2D eigenvalue weighted by Gasteiger charge is -2.36. The SMILES string of the molecule is CCCCON1C(=O)N2C[C@@H]1CC[C@H]2c1nnc(CN(C(=O)OCC2c3ccccc3-c3ccccc32)C2CNC2)o1. The number of carbonyl (C=O) groups excluding carboxylic acids is 2. The maximum atomic E-state index is 13.5. The highest BCUT2D eigenvalue weighted by atomic mass is 16.7. The van der Waals surface area contributed by atoms with Gasteiger partial charge in [0.25, 0.3) is 0 Å². The van der Waals surface area contributed by atoms with Gasteiger partial charge in [0.05, 0.1) is 18.7 Å². The van der Waals surface area contributed by atoms with E-state index < -0.39 is 6.09 Å². The van der Waals surface area contributed by atoms with Crippen molar-refractivity contribution in [1.29, 1.82) is 0 Å². The zero-order valence-electron chi connectivity index (χ0n) is 23.8. The first-order chi connectivity index (χ1) is 20.6. The highest BCUT2D eigenvalue weighted by molar-refractivity contribution is 5.79. The molecule has 3 saturated heterocycles. The molecule has 2 atom stereocenters. The van der Waals surface area contributed by atoms with E-state index in [-0.39, 0.29) is 43.2 Å². The number of amides is 3. The van der Waals surface area contributed by atoms with E-state index in [1.165, 1.54) is 27.3 Å². The summed E-state index contributed by atoms with van der Waals surface area (Å²) in [6.07, 6.45) is 3.03. The van der Waals surface area contributed by atoms with Gasteiger partial charge >= 0.3 is 12.1 Å². The summed E-state index contributed by atoms with van der Waals surface area (Å²) >= 11 is 0. The van der Waals surface area contributed by atoms with Crippen LogP contribution in [0.2, 0.25) is 0 Å². The van der Waals surface area contributed by atoms with Crippen LogP contribution >= 0.6 is 0 Å². The van der Waals surface area contributed by atoms with Crippen molar-refractivity contribution >= 4 is 12.1 Å². The normalized spacial score (nSPS) is 21.3. The molecule has 1 aromatic heterocycles. The van der Waals surface area contributed by atoms with Crippen LogP contribution in [0.15, 0.2) is 52.9 Å². The molecule has 3 aliphatic heterocycles. The highest BCUT2D eigenvalue weighted by Gasteiger charge is 2.48. The minimum absolute atomic E-state index is 0.0173. The second-order valence-corrected chi connectivity index (χ2v) is 11.5. The van der Waals surface area contributed by atoms with Crippen LogP contribution in [0.25, 0.3) is 11.1 Å². The van der Waals surface area contributed by atoms with Crippen LogP contribution in [-0.2, 0) is 16.1 Å². The molecule has 11 nitrogen and oxygen atoms in total. The van der Waals surface area contributed by atoms with E-state index in [1.807, 2.05) is 24.3 Å². The first kappa shape index (κ1) is 26.9. The summed E-state index contributed by atoms with van der Waals surface area (Å²) < 4.78 is 12.0. The van der Waals surface area contributed by atoms with Crippen LogP contribution in [0.5, 0.6) is 0 Å². The van der Waals surface area contributed by atoms with Gasteiger partial charge in [-0.05, 0) is 41.5 Å². The van der Waals surface area contributed by atoms with E-state index in [0.717, 1.165) is 19.3 Å². The summed E-state index contributed by atoms with van der Waals surface area (Å²) in [5.74, 6) is 0.707. The molecule has 1 N–H and O–H groups in total. The molecule has 0 unspecified atom stereocenters. The van der Waals surface area contributed by atoms with Crippen molar-refractivity contribution in [2.75, 3.05) is 32.8 Å². The monoisotopic (exact) mass is 572 g/mol. The summed E-state index contributed by atoms with van der Waals surface area (Å²) in [6, 6.07) is 16.1. The van der Waals surface area contributed by atoms with Gasteiger partial charge in [0.15, 0.2) is 0 Å². The molecule has 4 heterocycles. The Morgan fingerprint density at radius 3 is 2.50 bits per heavy atom. The van der Waals surface area contributed by atoms with Gasteiger partial charge in [-0.1, -0.05) is 61.9 Å². The van der Waals surface area contributed by atoms with E-state index >= 15 is 0 Å². The zero-order valence-corrected chi connectivity index (χ0v) is 23.8. The molecule has 11 heteroatoms. The number of nitrogens with one attached hydrogen (secondary N) is 1. The Hall–Kier alpha value is -3.96. The van der Waals surface area contributed by atoms with Crippen LogP contribution in [0.3, 0.4) is 0 Å². The van der Waals surface area contributed by atoms with Crippen molar-refractivity contribution in [3.05, 3.63) is 71.4 Å². The molecule has 2 bridgehead atoms. The molecule has 3 aromatic rings. The molecule has 1 aliphatic carbocycles. The van der Waals surface area contributed by atoms with Crippen molar-refractivity contribution in [2.45, 2.75) is 63.2 Å². The first-order valence-corrected chi connectivity index (χ1v) is 15.0. The number of ether oxygens (including phenoxy) is 1. The Bertz CT molecular complexity index is 1410. The quantitative estimate of drug-likeness (QED) is 0.354. The summed E-state index contributed by atoms with van der Waals surface area (Å²) in [6.45, 7) is 4.94. The van der Waals surface area contributed by atoms with Gasteiger partial charge in [0, 0.05) is 25.6 Å². The molecule has 42 heavy (non-hydrogen) atoms. The number of hydrogen-bond acceptors (Lipinski definition) is 8. The molecule has 0 saturated carbocycles. The van der Waals surface area contributed by atoms with Gasteiger partial charge in [-0.15, -0.1) is 10.2 Å². The minimum Gasteiger partial charge on any atom is -0.448 e. The lowest BCUT2D eigenvalue weighted by molar-refractivity contribution is -0.130. The largest absolute Gasteiger partial charge is 0.448 e. The molecular formula is C31H36N6O5. The molecule has 0 spiro atoms. The Morgan fingerprint density at radius 1 is 1.07 bits per heavy atom. The Labute approximate surface area is 244 Å². The number of nitrogens with zero attached hydrogens (tertiary/aromatic N) is 5. The number of benzene rings is 2. The van der Waals surface area contributed by atoms with E-state index in [0.29, 0.717) is 44.4 Å². The second kappa shape index (κ2) is 11.4. The second-order valence-electron chi connectivity index (χ2n) is 11.5. The average Bonchev–Trinajstić information content (AvgIpc) is 3.65. The number of aromatic nitrogens is 2. The van der Waals surface area contributed by atoms with Gasteiger partial charge in [-0.25, -0.2) is 9.59 Å². The lowest BCUT2D eigenvalue weighted by atomic mass is 9.98. The molecule has 0 radical (unpaired) electrons. The standard InChI is InChI=1S/C31H36N6O5/c1-2-3-14-41-37-20-12-13-27(36(17-20)30(37)38)29-34-33-28(42-29)18-35(21-15-32-16-21)31(39)40-19-26-24-10-6-4-8-22(24)23-9-5-7-11-25(23)26/h4-11,20-21,26-27,32H,2-3,12-19H2,1H3/t20-,27-/m0/s1. The third kappa shape index (κ3) is 4.80. The zero-order chi connectivity index (χ0) is 28.6. The fraction of sp³-hybridized carbons (Fsp3) is 0.484. The van der Waals surface area contributed by atoms with Gasteiger partial charge < -0.3 is 19.4 Å². The van der Waals surface area contributed by atoms with Gasteiger partial charge in [-0.2, -0.15) is 5.06 Å². The number of carbonyl (C=O) groups is 2. The Morgan fingerprint density at radius 2 is 1.81 bits per heavy atom. The lowest BCUT2D eigenvalue weighted by Crippen LogP contribution is -2.58. The van der Waals surface area contributed by atoms with E-state index in [4.69, 9.17) is 14.0 Å². The van der Waals surface area contributed by atoms with Crippen molar-refractivity contribution in [3.8, 4) is 11.1 Å². The Kier molecular flexibility index (Phi) is 7.29. The molecular weight excluding hydrogens is 536 g/mol. The van der Waals surface area contributed by atoms with Crippen LogP contribution in [0, 0.1) is 0 Å².